The van der Waals surface area contributed by atoms with Crippen LogP contribution in [-0.4, -0.2) is 40.8 Å². The molecular formula is C14H20N4O3. The van der Waals surface area contributed by atoms with E-state index in [9.17, 15) is 9.59 Å². The van der Waals surface area contributed by atoms with Crippen LogP contribution in [0, 0.1) is 5.92 Å². The van der Waals surface area contributed by atoms with E-state index < -0.39 is 0 Å². The van der Waals surface area contributed by atoms with Gasteiger partial charge in [-0.05, 0) is 31.2 Å². The molecule has 2 N–H and O–H groups in total. The molecule has 2 atom stereocenters. The van der Waals surface area contributed by atoms with Crippen molar-refractivity contribution in [2.45, 2.75) is 44.5 Å². The number of methoxy groups -OCH3 is 1. The molecule has 0 radical (unpaired) electrons. The van der Waals surface area contributed by atoms with Crippen LogP contribution >= 0.6 is 0 Å². The number of piperidine rings is 1. The summed E-state index contributed by atoms with van der Waals surface area (Å²) in [6.45, 7) is 0.317. The molecule has 1 saturated heterocycles. The summed E-state index contributed by atoms with van der Waals surface area (Å²) in [6, 6.07) is 1.73. The van der Waals surface area contributed by atoms with Crippen molar-refractivity contribution in [2.75, 3.05) is 7.11 Å². The lowest BCUT2D eigenvalue weighted by molar-refractivity contribution is -0.124. The van der Waals surface area contributed by atoms with Crippen LogP contribution < -0.4 is 10.6 Å². The Morgan fingerprint density at radius 2 is 2.33 bits per heavy atom. The molecule has 1 aromatic heterocycles. The molecule has 114 valence electrons. The van der Waals surface area contributed by atoms with E-state index in [0.717, 1.165) is 12.8 Å². The van der Waals surface area contributed by atoms with E-state index in [4.69, 9.17) is 4.74 Å². The summed E-state index contributed by atoms with van der Waals surface area (Å²) >= 11 is 0. The number of nitrogens with one attached hydrogen (secondary N) is 2. The number of rotatable bonds is 5. The van der Waals surface area contributed by atoms with Crippen molar-refractivity contribution < 1.29 is 14.3 Å². The third-order valence-electron chi connectivity index (χ3n) is 4.02. The number of amides is 2. The van der Waals surface area contributed by atoms with Crippen LogP contribution in [0.5, 0.6) is 0 Å². The molecule has 0 bridgehead atoms. The van der Waals surface area contributed by atoms with Gasteiger partial charge in [0.05, 0.1) is 12.1 Å². The average molecular weight is 292 g/mol. The molecular weight excluding hydrogens is 272 g/mol. The molecule has 1 aliphatic heterocycles. The SMILES string of the molecule is COCn1ccc(C(=O)N[C@@H]2CCC(=O)N[C@H]2C2CC2)n1. The first kappa shape index (κ1) is 14.1. The summed E-state index contributed by atoms with van der Waals surface area (Å²) in [4.78, 5) is 23.8. The van der Waals surface area contributed by atoms with Gasteiger partial charge in [-0.15, -0.1) is 0 Å². The summed E-state index contributed by atoms with van der Waals surface area (Å²) in [5.41, 5.74) is 0.374. The first-order valence-electron chi connectivity index (χ1n) is 7.30. The number of hydrogen-bond donors (Lipinski definition) is 2. The normalized spacial score (nSPS) is 25.5. The lowest BCUT2D eigenvalue weighted by Gasteiger charge is -2.32. The van der Waals surface area contributed by atoms with E-state index in [0.29, 0.717) is 31.2 Å². The van der Waals surface area contributed by atoms with Crippen molar-refractivity contribution in [3.05, 3.63) is 18.0 Å². The van der Waals surface area contributed by atoms with Crippen LogP contribution in [0.15, 0.2) is 12.3 Å². The van der Waals surface area contributed by atoms with Gasteiger partial charge in [0.25, 0.3) is 5.91 Å². The van der Waals surface area contributed by atoms with E-state index >= 15 is 0 Å². The first-order chi connectivity index (χ1) is 10.2. The number of carbonyl (C=O) groups excluding carboxylic acids is 2. The Morgan fingerprint density at radius 1 is 1.52 bits per heavy atom. The highest BCUT2D eigenvalue weighted by Crippen LogP contribution is 2.36. The van der Waals surface area contributed by atoms with Crippen molar-refractivity contribution in [2.24, 2.45) is 5.92 Å². The molecule has 2 aliphatic rings. The number of aromatic nitrogens is 2. The maximum atomic E-state index is 12.3. The predicted octanol–water partition coefficient (Wildman–Crippen LogP) is 0.274. The molecule has 3 rings (SSSR count). The molecule has 2 amide bonds. The van der Waals surface area contributed by atoms with Crippen LogP contribution in [0.3, 0.4) is 0 Å². The second kappa shape index (κ2) is 5.85. The first-order valence-corrected chi connectivity index (χ1v) is 7.30. The fourth-order valence-corrected chi connectivity index (χ4v) is 2.82. The molecule has 7 heteroatoms. The minimum atomic E-state index is -0.198. The summed E-state index contributed by atoms with van der Waals surface area (Å²) in [7, 11) is 1.58. The van der Waals surface area contributed by atoms with Gasteiger partial charge in [-0.25, -0.2) is 4.68 Å². The summed E-state index contributed by atoms with van der Waals surface area (Å²) in [6.07, 6.45) is 5.11. The maximum absolute atomic E-state index is 12.3. The van der Waals surface area contributed by atoms with E-state index in [1.54, 1.807) is 24.1 Å². The van der Waals surface area contributed by atoms with Crippen molar-refractivity contribution in [3.8, 4) is 0 Å². The molecule has 1 saturated carbocycles. The molecule has 7 nitrogen and oxygen atoms in total. The monoisotopic (exact) mass is 292 g/mol. The highest BCUT2D eigenvalue weighted by atomic mass is 16.5. The minimum Gasteiger partial charge on any atom is -0.362 e. The fraction of sp³-hybridized carbons (Fsp3) is 0.643. The zero-order chi connectivity index (χ0) is 14.8. The molecule has 2 fully saturated rings. The lowest BCUT2D eigenvalue weighted by atomic mass is 9.94. The van der Waals surface area contributed by atoms with Crippen molar-refractivity contribution in [1.82, 2.24) is 20.4 Å². The average Bonchev–Trinajstić information content (AvgIpc) is 3.20. The topological polar surface area (TPSA) is 85.2 Å². The van der Waals surface area contributed by atoms with E-state index in [1.807, 2.05) is 0 Å². The second-order valence-corrected chi connectivity index (χ2v) is 5.71. The Balaban J connectivity index is 1.63. The summed E-state index contributed by atoms with van der Waals surface area (Å²) in [5.74, 6) is 0.393. The van der Waals surface area contributed by atoms with Crippen LogP contribution in [0.2, 0.25) is 0 Å². The van der Waals surface area contributed by atoms with E-state index in [-0.39, 0.29) is 23.9 Å². The smallest absolute Gasteiger partial charge is 0.272 e. The standard InChI is InChI=1S/C14H20N4O3/c1-21-8-18-7-6-11(17-18)14(20)15-10-4-5-12(19)16-13(10)9-2-3-9/h6-7,9-10,13H,2-5,8H2,1H3,(H,15,20)(H,16,19)/t10-,13+/m1/s1. The van der Waals surface area contributed by atoms with Gasteiger partial charge >= 0.3 is 0 Å². The number of carbonyl (C=O) groups is 2. The van der Waals surface area contributed by atoms with Crippen LogP contribution in [0.1, 0.15) is 36.2 Å². The van der Waals surface area contributed by atoms with E-state index in [1.165, 1.54) is 0 Å². The third-order valence-corrected chi connectivity index (χ3v) is 4.02. The van der Waals surface area contributed by atoms with Crippen LogP contribution in [-0.2, 0) is 16.3 Å². The lowest BCUT2D eigenvalue weighted by Crippen LogP contribution is -2.56. The Kier molecular flexibility index (Phi) is 3.92. The Morgan fingerprint density at radius 3 is 3.05 bits per heavy atom. The van der Waals surface area contributed by atoms with Gasteiger partial charge in [-0.3, -0.25) is 9.59 Å². The molecule has 1 aromatic rings. The second-order valence-electron chi connectivity index (χ2n) is 5.71. The maximum Gasteiger partial charge on any atom is 0.272 e. The number of hydrogen-bond acceptors (Lipinski definition) is 4. The van der Waals surface area contributed by atoms with Gasteiger partial charge in [-0.1, -0.05) is 0 Å². The largest absolute Gasteiger partial charge is 0.362 e. The Labute approximate surface area is 123 Å². The zero-order valence-electron chi connectivity index (χ0n) is 12.0. The predicted molar refractivity (Wildman–Crippen MR) is 74.4 cm³/mol. The van der Waals surface area contributed by atoms with Crippen molar-refractivity contribution >= 4 is 11.8 Å². The molecule has 1 aliphatic carbocycles. The quantitative estimate of drug-likeness (QED) is 0.816. The Bertz CT molecular complexity index is 538. The van der Waals surface area contributed by atoms with Gasteiger partial charge < -0.3 is 15.4 Å². The third kappa shape index (κ3) is 3.24. The van der Waals surface area contributed by atoms with Gasteiger partial charge in [0.15, 0.2) is 0 Å². The van der Waals surface area contributed by atoms with Crippen LogP contribution in [0.4, 0.5) is 0 Å². The van der Waals surface area contributed by atoms with E-state index in [2.05, 4.69) is 15.7 Å². The molecule has 2 heterocycles. The van der Waals surface area contributed by atoms with Crippen molar-refractivity contribution in [1.29, 1.82) is 0 Å². The zero-order valence-corrected chi connectivity index (χ0v) is 12.0. The highest BCUT2D eigenvalue weighted by molar-refractivity contribution is 5.92. The van der Waals surface area contributed by atoms with Crippen molar-refractivity contribution in [3.63, 3.8) is 0 Å². The van der Waals surface area contributed by atoms with Gasteiger partial charge in [0.1, 0.15) is 12.4 Å². The Hall–Kier alpha value is -1.89. The van der Waals surface area contributed by atoms with Gasteiger partial charge in [0, 0.05) is 19.7 Å². The van der Waals surface area contributed by atoms with Crippen LogP contribution in [0.25, 0.3) is 0 Å². The summed E-state index contributed by atoms with van der Waals surface area (Å²) in [5, 5.41) is 10.2. The molecule has 21 heavy (non-hydrogen) atoms. The fourth-order valence-electron chi connectivity index (χ4n) is 2.82. The number of ether oxygens (including phenoxy) is 1. The summed E-state index contributed by atoms with van der Waals surface area (Å²) < 4.78 is 6.53. The molecule has 0 unspecified atom stereocenters. The minimum absolute atomic E-state index is 0.00437. The number of nitrogens with zero attached hydrogens (tertiary/aromatic N) is 2. The van der Waals surface area contributed by atoms with Gasteiger partial charge in [-0.2, -0.15) is 5.10 Å². The molecule has 0 aromatic carbocycles. The van der Waals surface area contributed by atoms with Gasteiger partial charge in [0.2, 0.25) is 5.91 Å². The highest BCUT2D eigenvalue weighted by Gasteiger charge is 2.40. The molecule has 0 spiro atoms.